The number of rotatable bonds is 10. The monoisotopic (exact) mass is 552 g/mol. The maximum Gasteiger partial charge on any atom is 0.369 e. The normalized spacial score (nSPS) is 43.9. The average Bonchev–Trinajstić information content (AvgIpc) is 3.26. The summed E-state index contributed by atoms with van der Waals surface area (Å²) in [6.45, 7) is 7.03. The van der Waals surface area contributed by atoms with Crippen LogP contribution in [0.25, 0.3) is 0 Å². The van der Waals surface area contributed by atoms with Gasteiger partial charge in [-0.05, 0) is 124 Å². The van der Waals surface area contributed by atoms with Gasteiger partial charge in [-0.25, -0.2) is 4.79 Å². The van der Waals surface area contributed by atoms with Crippen molar-refractivity contribution >= 4 is 11.8 Å². The molecule has 0 aromatic carbocycles. The van der Waals surface area contributed by atoms with Crippen LogP contribution < -0.4 is 11.5 Å². The van der Waals surface area contributed by atoms with E-state index >= 15 is 0 Å². The molecule has 0 aromatic heterocycles. The Morgan fingerprint density at radius 3 is 2.44 bits per heavy atom. The molecule has 0 radical (unpaired) electrons. The molecule has 0 heterocycles. The summed E-state index contributed by atoms with van der Waals surface area (Å²) in [7, 11) is 0. The molecule has 4 fully saturated rings. The van der Waals surface area contributed by atoms with Crippen molar-refractivity contribution in [1.29, 1.82) is 0 Å². The van der Waals surface area contributed by atoms with Gasteiger partial charge in [0.05, 0.1) is 18.3 Å². The molecule has 0 saturated heterocycles. The molecule has 11 unspecified atom stereocenters. The van der Waals surface area contributed by atoms with Crippen LogP contribution in [-0.2, 0) is 14.5 Å². The van der Waals surface area contributed by atoms with E-state index in [1.165, 1.54) is 0 Å². The van der Waals surface area contributed by atoms with Crippen LogP contribution in [0.15, 0.2) is 0 Å². The van der Waals surface area contributed by atoms with Crippen molar-refractivity contribution in [3.63, 3.8) is 0 Å². The van der Waals surface area contributed by atoms with Gasteiger partial charge in [0, 0.05) is 6.42 Å². The standard InChI is InChI=1S/C30H52N2O7/c1-17(6-9-24(35)30(32,27(37)39-38)11-4-5-13-31)20-7-8-21-26-22(16-25(36)29(20,21)3)28(2)12-10-19(33)14-18(28)15-23(26)34/h17-23,25-26,33-34,36,38H,4-16,31-32H2,1-3H3/t17?,18?,19?,20?,21?,22?,23?,25?,26?,28?,29?,30-/m0/s1. The SMILES string of the molecule is CC(CCC(=O)[C@@](N)(CCCCN)C(=O)OO)C1CCC2C3C(O)CC4CC(O)CCC4(C)C3CC(O)C12C. The van der Waals surface area contributed by atoms with Gasteiger partial charge in [-0.3, -0.25) is 9.68 Å². The number of unbranched alkanes of at least 4 members (excludes halogenated alkanes) is 1. The molecule has 4 aliphatic carbocycles. The zero-order chi connectivity index (χ0) is 28.8. The molecule has 224 valence electrons. The lowest BCUT2D eigenvalue weighted by molar-refractivity contribution is -0.239. The van der Waals surface area contributed by atoms with Gasteiger partial charge < -0.3 is 26.8 Å². The quantitative estimate of drug-likeness (QED) is 0.103. The van der Waals surface area contributed by atoms with Gasteiger partial charge in [0.2, 0.25) is 0 Å². The number of fused-ring (bicyclic) bond motifs is 5. The number of Topliss-reactive ketones (excluding diaryl/α,β-unsaturated/α-hetero) is 1. The van der Waals surface area contributed by atoms with Gasteiger partial charge in [0.1, 0.15) is 0 Å². The number of hydrogen-bond acceptors (Lipinski definition) is 9. The zero-order valence-corrected chi connectivity index (χ0v) is 24.1. The molecule has 4 rings (SSSR count). The molecule has 0 amide bonds. The Labute approximate surface area is 233 Å². The topological polar surface area (TPSA) is 176 Å². The van der Waals surface area contributed by atoms with E-state index in [2.05, 4.69) is 25.7 Å². The molecule has 4 saturated carbocycles. The van der Waals surface area contributed by atoms with Crippen LogP contribution >= 0.6 is 0 Å². The van der Waals surface area contributed by atoms with Crippen molar-refractivity contribution in [2.45, 2.75) is 122 Å². The summed E-state index contributed by atoms with van der Waals surface area (Å²) >= 11 is 0. The highest BCUT2D eigenvalue weighted by Crippen LogP contribution is 2.68. The maximum atomic E-state index is 13.2. The van der Waals surface area contributed by atoms with E-state index in [1.54, 1.807) is 0 Å². The molecule has 9 heteroatoms. The van der Waals surface area contributed by atoms with Crippen molar-refractivity contribution in [2.75, 3.05) is 6.54 Å². The predicted octanol–water partition coefficient (Wildman–Crippen LogP) is 2.78. The largest absolute Gasteiger partial charge is 0.393 e. The second-order valence-electron chi connectivity index (χ2n) is 14.1. The zero-order valence-electron chi connectivity index (χ0n) is 24.1. The van der Waals surface area contributed by atoms with Crippen LogP contribution in [0, 0.1) is 46.3 Å². The Morgan fingerprint density at radius 2 is 1.77 bits per heavy atom. The summed E-state index contributed by atoms with van der Waals surface area (Å²) in [4.78, 5) is 29.3. The Morgan fingerprint density at radius 1 is 1.05 bits per heavy atom. The van der Waals surface area contributed by atoms with Gasteiger partial charge in [-0.2, -0.15) is 5.26 Å². The van der Waals surface area contributed by atoms with Crippen LogP contribution in [0.3, 0.4) is 0 Å². The summed E-state index contributed by atoms with van der Waals surface area (Å²) in [6, 6.07) is 0. The molecule has 12 atom stereocenters. The lowest BCUT2D eigenvalue weighted by Crippen LogP contribution is -2.62. The Hall–Kier alpha value is -1.10. The molecule has 39 heavy (non-hydrogen) atoms. The fourth-order valence-corrected chi connectivity index (χ4v) is 9.90. The average molecular weight is 553 g/mol. The number of carbonyl (C=O) groups excluding carboxylic acids is 2. The fraction of sp³-hybridized carbons (Fsp3) is 0.933. The van der Waals surface area contributed by atoms with Gasteiger partial charge in [-0.1, -0.05) is 20.8 Å². The summed E-state index contributed by atoms with van der Waals surface area (Å²) in [5.41, 5.74) is 9.49. The molecule has 8 N–H and O–H groups in total. The first-order chi connectivity index (χ1) is 18.3. The number of carbonyl (C=O) groups is 2. The molecule has 9 nitrogen and oxygen atoms in total. The van der Waals surface area contributed by atoms with E-state index < -0.39 is 29.5 Å². The highest BCUT2D eigenvalue weighted by atomic mass is 17.1. The summed E-state index contributed by atoms with van der Waals surface area (Å²) in [6.07, 6.45) is 6.22. The summed E-state index contributed by atoms with van der Waals surface area (Å²) < 4.78 is 0. The minimum Gasteiger partial charge on any atom is -0.393 e. The lowest BCUT2D eigenvalue weighted by Gasteiger charge is -2.63. The van der Waals surface area contributed by atoms with Crippen LogP contribution in [0.1, 0.15) is 97.8 Å². The number of aliphatic hydroxyl groups excluding tert-OH is 3. The lowest BCUT2D eigenvalue weighted by atomic mass is 9.43. The van der Waals surface area contributed by atoms with Crippen molar-refractivity contribution < 1.29 is 35.1 Å². The summed E-state index contributed by atoms with van der Waals surface area (Å²) in [5.74, 6) is -0.464. The van der Waals surface area contributed by atoms with Crippen molar-refractivity contribution in [2.24, 2.45) is 57.8 Å². The second-order valence-corrected chi connectivity index (χ2v) is 14.1. The van der Waals surface area contributed by atoms with Crippen LogP contribution in [0.2, 0.25) is 0 Å². The molecule has 0 aliphatic heterocycles. The Bertz CT molecular complexity index is 903. The molecular weight excluding hydrogens is 500 g/mol. The molecule has 0 bridgehead atoms. The molecule has 0 aromatic rings. The Kier molecular flexibility index (Phi) is 9.21. The minimum atomic E-state index is -1.89. The first-order valence-electron chi connectivity index (χ1n) is 15.3. The molecular formula is C30H52N2O7. The first-order valence-corrected chi connectivity index (χ1v) is 15.3. The third-order valence-corrected chi connectivity index (χ3v) is 12.3. The maximum absolute atomic E-state index is 13.2. The van der Waals surface area contributed by atoms with Crippen LogP contribution in [-0.4, -0.2) is 62.7 Å². The highest BCUT2D eigenvalue weighted by molar-refractivity contribution is 6.08. The van der Waals surface area contributed by atoms with E-state index in [0.29, 0.717) is 32.2 Å². The van der Waals surface area contributed by atoms with Gasteiger partial charge in [0.15, 0.2) is 11.3 Å². The number of hydrogen-bond donors (Lipinski definition) is 6. The third-order valence-electron chi connectivity index (χ3n) is 12.3. The number of nitrogens with two attached hydrogens (primary N) is 2. The smallest absolute Gasteiger partial charge is 0.369 e. The van der Waals surface area contributed by atoms with E-state index in [-0.39, 0.29) is 65.3 Å². The van der Waals surface area contributed by atoms with E-state index in [0.717, 1.165) is 38.5 Å². The predicted molar refractivity (Wildman–Crippen MR) is 146 cm³/mol. The van der Waals surface area contributed by atoms with Gasteiger partial charge >= 0.3 is 5.97 Å². The molecule has 0 spiro atoms. The van der Waals surface area contributed by atoms with Gasteiger partial charge in [0.25, 0.3) is 0 Å². The summed E-state index contributed by atoms with van der Waals surface area (Å²) in [5, 5.41) is 42.5. The first kappa shape index (κ1) is 30.8. The van der Waals surface area contributed by atoms with Crippen molar-refractivity contribution in [1.82, 2.24) is 0 Å². The number of ketones is 1. The highest BCUT2D eigenvalue weighted by Gasteiger charge is 2.65. The minimum absolute atomic E-state index is 0.0250. The number of aliphatic hydroxyl groups is 3. The van der Waals surface area contributed by atoms with E-state index in [1.807, 2.05) is 0 Å². The van der Waals surface area contributed by atoms with Crippen molar-refractivity contribution in [3.8, 4) is 0 Å². The van der Waals surface area contributed by atoms with E-state index in [4.69, 9.17) is 16.7 Å². The van der Waals surface area contributed by atoms with Crippen LogP contribution in [0.4, 0.5) is 0 Å². The van der Waals surface area contributed by atoms with Crippen LogP contribution in [0.5, 0.6) is 0 Å². The Balaban J connectivity index is 1.47. The second kappa shape index (κ2) is 11.6. The van der Waals surface area contributed by atoms with Crippen molar-refractivity contribution in [3.05, 3.63) is 0 Å². The third kappa shape index (κ3) is 5.21. The fourth-order valence-electron chi connectivity index (χ4n) is 9.90. The van der Waals surface area contributed by atoms with E-state index in [9.17, 15) is 24.9 Å². The molecule has 4 aliphatic rings. The van der Waals surface area contributed by atoms with Gasteiger partial charge in [-0.15, -0.1) is 0 Å².